The van der Waals surface area contributed by atoms with Crippen molar-refractivity contribution in [2.75, 3.05) is 4.90 Å². The van der Waals surface area contributed by atoms with Gasteiger partial charge in [0.15, 0.2) is 0 Å². The molecule has 2 aliphatic carbocycles. The lowest BCUT2D eigenvalue weighted by Gasteiger charge is -2.28. The molecule has 1 heterocycles. The van der Waals surface area contributed by atoms with Crippen molar-refractivity contribution in [3.8, 4) is 32.8 Å². The minimum Gasteiger partial charge on any atom is -0.310 e. The molecule has 0 radical (unpaired) electrons. The van der Waals surface area contributed by atoms with E-state index in [0.717, 1.165) is 5.69 Å². The van der Waals surface area contributed by atoms with E-state index in [2.05, 4.69) is 125 Å². The molecule has 2 nitrogen and oxygen atoms in total. The summed E-state index contributed by atoms with van der Waals surface area (Å²) in [6, 6.07) is 40.2. The molecule has 5 aromatic carbocycles. The third-order valence-corrected chi connectivity index (χ3v) is 9.21. The molecule has 0 saturated carbocycles. The van der Waals surface area contributed by atoms with Crippen molar-refractivity contribution in [1.82, 2.24) is 4.37 Å². The molecule has 0 bridgehead atoms. The molecule has 1 aromatic heterocycles. The summed E-state index contributed by atoms with van der Waals surface area (Å²) in [5, 5.41) is 2.64. The van der Waals surface area contributed by atoms with Gasteiger partial charge in [0.05, 0.1) is 16.3 Å². The van der Waals surface area contributed by atoms with Gasteiger partial charge in [0.1, 0.15) is 0 Å². The summed E-state index contributed by atoms with van der Waals surface area (Å²) in [6.07, 6.45) is 7.41. The molecule has 188 valence electrons. The molecular formula is C36H28N2S. The second-order valence-corrected chi connectivity index (χ2v) is 11.4. The lowest BCUT2D eigenvalue weighted by atomic mass is 9.93. The zero-order chi connectivity index (χ0) is 25.8. The number of anilines is 3. The number of allylic oxidation sites excluding steroid dienone is 2. The van der Waals surface area contributed by atoms with Gasteiger partial charge >= 0.3 is 0 Å². The lowest BCUT2D eigenvalue weighted by molar-refractivity contribution is 0.742. The fourth-order valence-corrected chi connectivity index (χ4v) is 7.10. The highest BCUT2D eigenvalue weighted by Crippen LogP contribution is 2.53. The van der Waals surface area contributed by atoms with Crippen molar-refractivity contribution in [3.63, 3.8) is 0 Å². The largest absolute Gasteiger partial charge is 0.310 e. The zero-order valence-electron chi connectivity index (χ0n) is 21.7. The van der Waals surface area contributed by atoms with E-state index in [9.17, 15) is 0 Å². The molecule has 0 unspecified atom stereocenters. The van der Waals surface area contributed by atoms with E-state index in [4.69, 9.17) is 0 Å². The van der Waals surface area contributed by atoms with Gasteiger partial charge in [-0.25, -0.2) is 0 Å². The molecule has 0 aliphatic heterocycles. The predicted molar refractivity (Wildman–Crippen MR) is 167 cm³/mol. The normalized spacial score (nSPS) is 13.9. The van der Waals surface area contributed by atoms with Crippen molar-refractivity contribution in [1.29, 1.82) is 0 Å². The number of nitrogens with one attached hydrogen (secondary N) is 1. The highest BCUT2D eigenvalue weighted by molar-refractivity contribution is 7.12. The fraction of sp³-hybridized carbons (Fsp3) is 0.111. The number of hydrogen-bond acceptors (Lipinski definition) is 2. The van der Waals surface area contributed by atoms with Gasteiger partial charge in [-0.1, -0.05) is 96.5 Å². The third kappa shape index (κ3) is 3.69. The highest BCUT2D eigenvalue weighted by Gasteiger charge is 2.27. The number of hydrogen-bond donors (Lipinski definition) is 1. The Morgan fingerprint density at radius 1 is 0.615 bits per heavy atom. The van der Waals surface area contributed by atoms with Gasteiger partial charge < -0.3 is 9.27 Å². The van der Waals surface area contributed by atoms with E-state index in [0.29, 0.717) is 0 Å². The molecular weight excluding hydrogens is 492 g/mol. The van der Waals surface area contributed by atoms with Crippen LogP contribution in [0, 0.1) is 0 Å². The number of aromatic nitrogens is 1. The molecule has 0 atom stereocenters. The van der Waals surface area contributed by atoms with Crippen LogP contribution in [0.1, 0.15) is 31.2 Å². The Hall–Kier alpha value is -4.34. The molecule has 0 amide bonds. The van der Waals surface area contributed by atoms with Crippen LogP contribution in [-0.4, -0.2) is 4.37 Å². The van der Waals surface area contributed by atoms with Crippen LogP contribution in [0.3, 0.4) is 0 Å². The van der Waals surface area contributed by atoms with Gasteiger partial charge in [0, 0.05) is 33.3 Å². The zero-order valence-corrected chi connectivity index (χ0v) is 22.5. The van der Waals surface area contributed by atoms with Crippen molar-refractivity contribution < 1.29 is 0 Å². The summed E-state index contributed by atoms with van der Waals surface area (Å²) in [4.78, 5) is 3.80. The summed E-state index contributed by atoms with van der Waals surface area (Å²) in [5.74, 6) is 0. The van der Waals surface area contributed by atoms with E-state index in [1.165, 1.54) is 91.8 Å². The molecule has 1 N–H and O–H groups in total. The standard InChI is InChI=1S/C36H28N2S/c1-3-8-24(9-4-1)26-14-18-28(19-15-26)38(29-20-16-27(17-21-29)25-10-5-2-6-11-25)33-23-22-31-34-30(33)12-7-13-32(34)36-35(31)37-39-36/h1,3-4,7-10,12-23,37H,2,5-6,11H2. The fourth-order valence-electron chi connectivity index (χ4n) is 6.29. The van der Waals surface area contributed by atoms with Crippen LogP contribution < -0.4 is 4.90 Å². The van der Waals surface area contributed by atoms with E-state index in [-0.39, 0.29) is 0 Å². The molecule has 0 spiro atoms. The molecule has 0 fully saturated rings. The van der Waals surface area contributed by atoms with Crippen LogP contribution in [0.4, 0.5) is 17.1 Å². The Labute approximate surface area is 233 Å². The first kappa shape index (κ1) is 22.6. The van der Waals surface area contributed by atoms with Gasteiger partial charge in [-0.05, 0) is 78.3 Å². The van der Waals surface area contributed by atoms with Gasteiger partial charge in [-0.15, -0.1) is 0 Å². The first-order valence-electron chi connectivity index (χ1n) is 13.8. The van der Waals surface area contributed by atoms with E-state index < -0.39 is 0 Å². The number of benzene rings is 5. The topological polar surface area (TPSA) is 19.0 Å². The average Bonchev–Trinajstić information content (AvgIpc) is 3.21. The summed E-state index contributed by atoms with van der Waals surface area (Å²) in [5.41, 5.74) is 12.8. The second-order valence-electron chi connectivity index (χ2n) is 10.5. The molecule has 2 aliphatic rings. The Kier molecular flexibility index (Phi) is 5.31. The van der Waals surface area contributed by atoms with Gasteiger partial charge in [0.25, 0.3) is 0 Å². The highest BCUT2D eigenvalue weighted by atomic mass is 32.1. The summed E-state index contributed by atoms with van der Waals surface area (Å²) in [7, 11) is 0. The van der Waals surface area contributed by atoms with Crippen LogP contribution in [0.5, 0.6) is 0 Å². The molecule has 39 heavy (non-hydrogen) atoms. The van der Waals surface area contributed by atoms with Crippen LogP contribution in [0.25, 0.3) is 49.2 Å². The Morgan fingerprint density at radius 3 is 2.05 bits per heavy atom. The average molecular weight is 521 g/mol. The molecule has 8 rings (SSSR count). The van der Waals surface area contributed by atoms with Crippen LogP contribution in [0.15, 0.2) is 115 Å². The quantitative estimate of drug-likeness (QED) is 0.239. The van der Waals surface area contributed by atoms with Crippen LogP contribution in [-0.2, 0) is 0 Å². The predicted octanol–water partition coefficient (Wildman–Crippen LogP) is 11.0. The van der Waals surface area contributed by atoms with Gasteiger partial charge in [-0.2, -0.15) is 0 Å². The van der Waals surface area contributed by atoms with Crippen molar-refractivity contribution in [3.05, 3.63) is 121 Å². The lowest BCUT2D eigenvalue weighted by Crippen LogP contribution is -2.10. The first-order valence-corrected chi connectivity index (χ1v) is 14.7. The monoisotopic (exact) mass is 520 g/mol. The van der Waals surface area contributed by atoms with Gasteiger partial charge in [0.2, 0.25) is 0 Å². The minimum atomic E-state index is 1.16. The van der Waals surface area contributed by atoms with Crippen LogP contribution >= 0.6 is 11.5 Å². The first-order chi connectivity index (χ1) is 19.3. The number of nitrogens with zero attached hydrogens (tertiary/aromatic N) is 1. The van der Waals surface area contributed by atoms with Crippen LogP contribution in [0.2, 0.25) is 0 Å². The van der Waals surface area contributed by atoms with Crippen molar-refractivity contribution >= 4 is 44.9 Å². The number of H-pyrrole nitrogens is 1. The maximum atomic E-state index is 3.46. The number of rotatable bonds is 5. The maximum Gasteiger partial charge on any atom is 0.0769 e. The smallest absolute Gasteiger partial charge is 0.0769 e. The van der Waals surface area contributed by atoms with E-state index in [1.54, 1.807) is 11.5 Å². The summed E-state index contributed by atoms with van der Waals surface area (Å²) in [6.45, 7) is 0. The Bertz CT molecular complexity index is 1810. The number of fused-ring (bicyclic) bond motifs is 3. The second kappa shape index (κ2) is 9.14. The maximum absolute atomic E-state index is 3.46. The Balaban J connectivity index is 1.28. The summed E-state index contributed by atoms with van der Waals surface area (Å²) >= 11 is 1.74. The minimum absolute atomic E-state index is 1.16. The molecule has 3 heteroatoms. The van der Waals surface area contributed by atoms with E-state index >= 15 is 0 Å². The third-order valence-electron chi connectivity index (χ3n) is 8.27. The van der Waals surface area contributed by atoms with Crippen molar-refractivity contribution in [2.24, 2.45) is 0 Å². The summed E-state index contributed by atoms with van der Waals surface area (Å²) < 4.78 is 3.46. The van der Waals surface area contributed by atoms with E-state index in [1.807, 2.05) is 0 Å². The van der Waals surface area contributed by atoms with Crippen molar-refractivity contribution in [2.45, 2.75) is 25.7 Å². The molecule has 0 saturated heterocycles. The Morgan fingerprint density at radius 2 is 1.36 bits per heavy atom. The number of aromatic amines is 1. The van der Waals surface area contributed by atoms with Gasteiger partial charge in [-0.3, -0.25) is 0 Å². The SMILES string of the molecule is C1=C(c2ccc(N(c3ccc(-c4ccccc4)cc3)c3ccc4c5c(cccc35)-c3s[nH]c3-4)cc2)CCCC1. The molecule has 6 aromatic rings.